The van der Waals surface area contributed by atoms with Crippen molar-refractivity contribution in [3.63, 3.8) is 0 Å². The summed E-state index contributed by atoms with van der Waals surface area (Å²) in [5, 5.41) is 9.60. The van der Waals surface area contributed by atoms with Gasteiger partial charge in [-0.15, -0.1) is 0 Å². The minimum absolute atomic E-state index is 0.179. The molecule has 17 heavy (non-hydrogen) atoms. The summed E-state index contributed by atoms with van der Waals surface area (Å²) in [6.45, 7) is 9.37. The van der Waals surface area contributed by atoms with Crippen LogP contribution in [0.4, 0.5) is 0 Å². The van der Waals surface area contributed by atoms with Gasteiger partial charge in [-0.2, -0.15) is 0 Å². The Morgan fingerprint density at radius 3 is 2.35 bits per heavy atom. The molecule has 0 spiro atoms. The Bertz CT molecular complexity index is 257. The van der Waals surface area contributed by atoms with Gasteiger partial charge in [0.15, 0.2) is 0 Å². The Labute approximate surface area is 105 Å². The molecular weight excluding hydrogens is 212 g/mol. The van der Waals surface area contributed by atoms with Gasteiger partial charge in [0.25, 0.3) is 0 Å². The fraction of sp³-hybridized carbons (Fsp3) is 1.00. The second kappa shape index (κ2) is 4.87. The molecule has 0 bridgehead atoms. The van der Waals surface area contributed by atoms with Crippen LogP contribution in [0.5, 0.6) is 0 Å². The van der Waals surface area contributed by atoms with Crippen molar-refractivity contribution < 1.29 is 5.11 Å². The number of nitrogens with two attached hydrogens (primary N) is 1. The van der Waals surface area contributed by atoms with Gasteiger partial charge in [-0.25, -0.2) is 0 Å². The number of likely N-dealkylation sites (tertiary alicyclic amines) is 1. The van der Waals surface area contributed by atoms with E-state index >= 15 is 0 Å². The van der Waals surface area contributed by atoms with Crippen molar-refractivity contribution in [1.29, 1.82) is 0 Å². The van der Waals surface area contributed by atoms with Crippen LogP contribution in [0.2, 0.25) is 0 Å². The zero-order valence-electron chi connectivity index (χ0n) is 11.5. The summed E-state index contributed by atoms with van der Waals surface area (Å²) in [6, 6.07) is 0.369. The van der Waals surface area contributed by atoms with Crippen molar-refractivity contribution in [3.05, 3.63) is 0 Å². The van der Waals surface area contributed by atoms with Crippen LogP contribution in [-0.4, -0.2) is 41.8 Å². The fourth-order valence-electron chi connectivity index (χ4n) is 3.07. The van der Waals surface area contributed by atoms with Crippen LogP contribution < -0.4 is 5.73 Å². The second-order valence-corrected chi connectivity index (χ2v) is 7.01. The smallest absolute Gasteiger partial charge is 0.0602 e. The van der Waals surface area contributed by atoms with E-state index in [0.717, 1.165) is 19.0 Å². The maximum Gasteiger partial charge on any atom is 0.0602 e. The van der Waals surface area contributed by atoms with Crippen LogP contribution in [0.25, 0.3) is 0 Å². The molecule has 0 aromatic carbocycles. The highest BCUT2D eigenvalue weighted by molar-refractivity contribution is 4.96. The monoisotopic (exact) mass is 240 g/mol. The van der Waals surface area contributed by atoms with Crippen molar-refractivity contribution in [2.75, 3.05) is 19.7 Å². The molecular formula is C14H28N2O. The van der Waals surface area contributed by atoms with E-state index in [0.29, 0.717) is 11.3 Å². The molecule has 3 unspecified atom stereocenters. The maximum absolute atomic E-state index is 9.60. The standard InChI is InChI=1S/C14H28N2O/c1-14(2,3)11-6-7-16(8-11)12(9-17)13(15)10-4-5-10/h10-13,17H,4-9,15H2,1-3H3. The molecule has 0 aromatic rings. The van der Waals surface area contributed by atoms with E-state index in [9.17, 15) is 5.11 Å². The molecule has 1 aliphatic carbocycles. The molecule has 1 saturated carbocycles. The van der Waals surface area contributed by atoms with Crippen LogP contribution in [0.1, 0.15) is 40.0 Å². The Kier molecular flexibility index (Phi) is 3.81. The zero-order chi connectivity index (χ0) is 12.6. The van der Waals surface area contributed by atoms with Gasteiger partial charge < -0.3 is 10.8 Å². The van der Waals surface area contributed by atoms with Gasteiger partial charge in [0.2, 0.25) is 0 Å². The van der Waals surface area contributed by atoms with E-state index in [-0.39, 0.29) is 18.7 Å². The summed E-state index contributed by atoms with van der Waals surface area (Å²) < 4.78 is 0. The van der Waals surface area contributed by atoms with Gasteiger partial charge >= 0.3 is 0 Å². The third kappa shape index (κ3) is 3.01. The van der Waals surface area contributed by atoms with Crippen LogP contribution in [0, 0.1) is 17.3 Å². The molecule has 2 aliphatic rings. The van der Waals surface area contributed by atoms with Gasteiger partial charge in [-0.1, -0.05) is 20.8 Å². The van der Waals surface area contributed by atoms with Crippen LogP contribution in [0.3, 0.4) is 0 Å². The fourth-order valence-corrected chi connectivity index (χ4v) is 3.07. The first-order valence-electron chi connectivity index (χ1n) is 7.04. The molecule has 1 heterocycles. The minimum Gasteiger partial charge on any atom is -0.395 e. The molecule has 2 fully saturated rings. The number of aliphatic hydroxyl groups is 1. The molecule has 2 rings (SSSR count). The Morgan fingerprint density at radius 2 is 1.94 bits per heavy atom. The van der Waals surface area contributed by atoms with E-state index in [2.05, 4.69) is 25.7 Å². The van der Waals surface area contributed by atoms with E-state index < -0.39 is 0 Å². The largest absolute Gasteiger partial charge is 0.395 e. The van der Waals surface area contributed by atoms with E-state index in [1.165, 1.54) is 19.3 Å². The predicted molar refractivity (Wildman–Crippen MR) is 70.7 cm³/mol. The first-order valence-corrected chi connectivity index (χ1v) is 7.04. The lowest BCUT2D eigenvalue weighted by Gasteiger charge is -2.33. The van der Waals surface area contributed by atoms with Gasteiger partial charge in [0, 0.05) is 18.6 Å². The number of aliphatic hydroxyl groups excluding tert-OH is 1. The first-order chi connectivity index (χ1) is 7.93. The molecule has 100 valence electrons. The summed E-state index contributed by atoms with van der Waals surface area (Å²) >= 11 is 0. The van der Waals surface area contributed by atoms with Gasteiger partial charge in [-0.3, -0.25) is 4.90 Å². The summed E-state index contributed by atoms with van der Waals surface area (Å²) in [5.41, 5.74) is 6.64. The molecule has 0 aromatic heterocycles. The van der Waals surface area contributed by atoms with E-state index in [1.807, 2.05) is 0 Å². The average Bonchev–Trinajstić information content (AvgIpc) is 2.97. The van der Waals surface area contributed by atoms with Crippen molar-refractivity contribution in [1.82, 2.24) is 4.90 Å². The van der Waals surface area contributed by atoms with Crippen LogP contribution in [0.15, 0.2) is 0 Å². The van der Waals surface area contributed by atoms with Crippen molar-refractivity contribution in [2.45, 2.75) is 52.1 Å². The lowest BCUT2D eigenvalue weighted by molar-refractivity contribution is 0.107. The van der Waals surface area contributed by atoms with E-state index in [4.69, 9.17) is 5.73 Å². The molecule has 3 N–H and O–H groups in total. The van der Waals surface area contributed by atoms with Crippen molar-refractivity contribution in [3.8, 4) is 0 Å². The Balaban J connectivity index is 1.93. The van der Waals surface area contributed by atoms with Crippen molar-refractivity contribution >= 4 is 0 Å². The normalized spacial score (nSPS) is 30.5. The summed E-state index contributed by atoms with van der Waals surface area (Å²) in [6.07, 6.45) is 3.76. The average molecular weight is 240 g/mol. The summed E-state index contributed by atoms with van der Waals surface area (Å²) in [5.74, 6) is 1.41. The number of hydrogen-bond acceptors (Lipinski definition) is 3. The lowest BCUT2D eigenvalue weighted by atomic mass is 9.80. The molecule has 1 aliphatic heterocycles. The number of hydrogen-bond donors (Lipinski definition) is 2. The number of nitrogens with zero attached hydrogens (tertiary/aromatic N) is 1. The Morgan fingerprint density at radius 1 is 1.29 bits per heavy atom. The third-order valence-electron chi connectivity index (χ3n) is 4.71. The van der Waals surface area contributed by atoms with Gasteiger partial charge in [0.1, 0.15) is 0 Å². The number of rotatable bonds is 4. The van der Waals surface area contributed by atoms with Gasteiger partial charge in [0.05, 0.1) is 6.61 Å². The lowest BCUT2D eigenvalue weighted by Crippen LogP contribution is -2.50. The second-order valence-electron chi connectivity index (χ2n) is 7.01. The highest BCUT2D eigenvalue weighted by Crippen LogP contribution is 2.38. The topological polar surface area (TPSA) is 49.5 Å². The van der Waals surface area contributed by atoms with Gasteiger partial charge in [-0.05, 0) is 43.1 Å². The molecule has 1 saturated heterocycles. The molecule has 3 atom stereocenters. The summed E-state index contributed by atoms with van der Waals surface area (Å²) in [7, 11) is 0. The van der Waals surface area contributed by atoms with E-state index in [1.54, 1.807) is 0 Å². The molecule has 0 radical (unpaired) electrons. The zero-order valence-corrected chi connectivity index (χ0v) is 11.5. The highest BCUT2D eigenvalue weighted by atomic mass is 16.3. The first kappa shape index (κ1) is 13.3. The minimum atomic E-state index is 0.179. The maximum atomic E-state index is 9.60. The predicted octanol–water partition coefficient (Wildman–Crippen LogP) is 1.45. The molecule has 3 nitrogen and oxygen atoms in total. The molecule has 3 heteroatoms. The third-order valence-corrected chi connectivity index (χ3v) is 4.71. The van der Waals surface area contributed by atoms with Crippen LogP contribution in [-0.2, 0) is 0 Å². The van der Waals surface area contributed by atoms with Crippen molar-refractivity contribution in [2.24, 2.45) is 23.0 Å². The summed E-state index contributed by atoms with van der Waals surface area (Å²) in [4.78, 5) is 2.43. The van der Waals surface area contributed by atoms with Crippen LogP contribution >= 0.6 is 0 Å². The SMILES string of the molecule is CC(C)(C)C1CCN(C(CO)C(N)C2CC2)C1. The molecule has 0 amide bonds. The Hall–Kier alpha value is -0.120. The quantitative estimate of drug-likeness (QED) is 0.782. The highest BCUT2D eigenvalue weighted by Gasteiger charge is 2.40.